The van der Waals surface area contributed by atoms with Gasteiger partial charge in [0.1, 0.15) is 5.54 Å². The second-order valence-electron chi connectivity index (χ2n) is 7.33. The fraction of sp³-hybridized carbons (Fsp3) is 0.667. The number of thiophene rings is 1. The van der Waals surface area contributed by atoms with Gasteiger partial charge in [0.15, 0.2) is 0 Å². The van der Waals surface area contributed by atoms with Crippen LogP contribution in [0.15, 0.2) is 17.5 Å². The van der Waals surface area contributed by atoms with Gasteiger partial charge < -0.3 is 10.6 Å². The normalized spacial score (nSPS) is 25.5. The Hall–Kier alpha value is -1.40. The number of urea groups is 1. The Morgan fingerprint density at radius 1 is 1.33 bits per heavy atom. The van der Waals surface area contributed by atoms with E-state index in [1.807, 2.05) is 17.5 Å². The third-order valence-electron chi connectivity index (χ3n) is 5.25. The summed E-state index contributed by atoms with van der Waals surface area (Å²) >= 11 is 1.58. The molecule has 0 unspecified atom stereocenters. The van der Waals surface area contributed by atoms with Crippen LogP contribution in [0, 0.1) is 11.8 Å². The number of rotatable bonds is 6. The second kappa shape index (κ2) is 7.23. The number of carbonyl (C=O) groups excluding carboxylic acids is 2. The third kappa shape index (κ3) is 3.35. The average Bonchev–Trinajstić information content (AvgIpc) is 3.17. The van der Waals surface area contributed by atoms with Crippen LogP contribution >= 0.6 is 11.3 Å². The summed E-state index contributed by atoms with van der Waals surface area (Å²) in [6.45, 7) is 6.56. The standard InChI is InChI=1S/C18H27N3O2S/c1-13(2)5-8-18(14-6-9-19-10-7-14)16(22)21(17(23)20-18)12-15-4-3-11-24-15/h3-4,11,13-14,19H,5-10,12H2,1-2H3,(H,20,23)/t18-/m1/s1. The minimum Gasteiger partial charge on any atom is -0.323 e. The Balaban J connectivity index is 1.84. The summed E-state index contributed by atoms with van der Waals surface area (Å²) < 4.78 is 0. The number of nitrogens with one attached hydrogen (secondary N) is 2. The predicted molar refractivity (Wildman–Crippen MR) is 95.8 cm³/mol. The van der Waals surface area contributed by atoms with Gasteiger partial charge in [-0.05, 0) is 62.1 Å². The van der Waals surface area contributed by atoms with Crippen molar-refractivity contribution in [3.8, 4) is 0 Å². The molecule has 3 heterocycles. The molecule has 2 aliphatic rings. The molecule has 0 radical (unpaired) electrons. The third-order valence-corrected chi connectivity index (χ3v) is 6.11. The first-order valence-corrected chi connectivity index (χ1v) is 9.78. The number of carbonyl (C=O) groups is 2. The molecule has 0 aliphatic carbocycles. The van der Waals surface area contributed by atoms with E-state index in [9.17, 15) is 9.59 Å². The lowest BCUT2D eigenvalue weighted by Crippen LogP contribution is -2.55. The molecule has 2 aliphatic heterocycles. The zero-order chi connectivity index (χ0) is 17.2. The highest BCUT2D eigenvalue weighted by molar-refractivity contribution is 7.09. The SMILES string of the molecule is CC(C)CC[C@]1(C2CCNCC2)NC(=O)N(Cc2cccs2)C1=O. The molecule has 2 saturated heterocycles. The molecule has 2 fully saturated rings. The van der Waals surface area contributed by atoms with E-state index in [-0.39, 0.29) is 17.9 Å². The molecule has 1 aromatic heterocycles. The lowest BCUT2D eigenvalue weighted by Gasteiger charge is -2.38. The van der Waals surface area contributed by atoms with E-state index in [2.05, 4.69) is 24.5 Å². The molecule has 0 bridgehead atoms. The van der Waals surface area contributed by atoms with Gasteiger partial charge in [0.2, 0.25) is 0 Å². The van der Waals surface area contributed by atoms with Gasteiger partial charge in [-0.15, -0.1) is 11.3 Å². The van der Waals surface area contributed by atoms with E-state index in [4.69, 9.17) is 0 Å². The van der Waals surface area contributed by atoms with Crippen LogP contribution in [0.1, 0.15) is 44.4 Å². The number of hydrogen-bond acceptors (Lipinski definition) is 4. The van der Waals surface area contributed by atoms with Gasteiger partial charge in [-0.3, -0.25) is 9.69 Å². The summed E-state index contributed by atoms with van der Waals surface area (Å²) in [7, 11) is 0. The van der Waals surface area contributed by atoms with Crippen LogP contribution < -0.4 is 10.6 Å². The van der Waals surface area contributed by atoms with Crippen LogP contribution in [0.3, 0.4) is 0 Å². The summed E-state index contributed by atoms with van der Waals surface area (Å²) in [5.74, 6) is 0.718. The predicted octanol–water partition coefficient (Wildman–Crippen LogP) is 2.97. The molecular formula is C18H27N3O2S. The van der Waals surface area contributed by atoms with E-state index < -0.39 is 5.54 Å². The number of imide groups is 1. The molecule has 132 valence electrons. The number of piperidine rings is 1. The quantitative estimate of drug-likeness (QED) is 0.776. The summed E-state index contributed by atoms with van der Waals surface area (Å²) in [5, 5.41) is 8.46. The van der Waals surface area contributed by atoms with Crippen LogP contribution in [-0.2, 0) is 11.3 Å². The number of hydrogen-bond donors (Lipinski definition) is 2. The van der Waals surface area contributed by atoms with E-state index in [1.54, 1.807) is 11.3 Å². The second-order valence-corrected chi connectivity index (χ2v) is 8.36. The maximum atomic E-state index is 13.3. The first-order valence-electron chi connectivity index (χ1n) is 8.90. The van der Waals surface area contributed by atoms with E-state index in [0.717, 1.165) is 43.6 Å². The Morgan fingerprint density at radius 2 is 2.08 bits per heavy atom. The molecule has 1 aromatic rings. The topological polar surface area (TPSA) is 61.4 Å². The summed E-state index contributed by atoms with van der Waals surface area (Å²) in [6.07, 6.45) is 3.57. The first-order chi connectivity index (χ1) is 11.5. The zero-order valence-corrected chi connectivity index (χ0v) is 15.3. The van der Waals surface area contributed by atoms with Gasteiger partial charge >= 0.3 is 6.03 Å². The van der Waals surface area contributed by atoms with Crippen LogP contribution in [0.2, 0.25) is 0 Å². The van der Waals surface area contributed by atoms with Gasteiger partial charge in [0, 0.05) is 4.88 Å². The van der Waals surface area contributed by atoms with Crippen molar-refractivity contribution in [1.82, 2.24) is 15.5 Å². The van der Waals surface area contributed by atoms with Gasteiger partial charge in [-0.2, -0.15) is 0 Å². The molecule has 1 atom stereocenters. The first kappa shape index (κ1) is 17.4. The Kier molecular flexibility index (Phi) is 5.25. The molecule has 0 aromatic carbocycles. The van der Waals surface area contributed by atoms with Crippen LogP contribution in [0.5, 0.6) is 0 Å². The highest BCUT2D eigenvalue weighted by Crippen LogP contribution is 2.37. The van der Waals surface area contributed by atoms with Crippen LogP contribution in [-0.4, -0.2) is 35.5 Å². The minimum absolute atomic E-state index is 0.0200. The molecule has 2 N–H and O–H groups in total. The zero-order valence-electron chi connectivity index (χ0n) is 14.5. The number of amides is 3. The molecule has 0 spiro atoms. The molecule has 6 heteroatoms. The summed E-state index contributed by atoms with van der Waals surface area (Å²) in [6, 6.07) is 3.71. The fourth-order valence-electron chi connectivity index (χ4n) is 3.83. The molecule has 3 amide bonds. The van der Waals surface area contributed by atoms with Crippen LogP contribution in [0.4, 0.5) is 4.79 Å². The maximum absolute atomic E-state index is 13.3. The van der Waals surface area contributed by atoms with Gasteiger partial charge in [-0.1, -0.05) is 19.9 Å². The van der Waals surface area contributed by atoms with Crippen molar-refractivity contribution >= 4 is 23.3 Å². The van der Waals surface area contributed by atoms with E-state index >= 15 is 0 Å². The maximum Gasteiger partial charge on any atom is 0.325 e. The van der Waals surface area contributed by atoms with Crippen molar-refractivity contribution < 1.29 is 9.59 Å². The Morgan fingerprint density at radius 3 is 2.71 bits per heavy atom. The Bertz CT molecular complexity index is 581. The van der Waals surface area contributed by atoms with Crippen molar-refractivity contribution in [1.29, 1.82) is 0 Å². The summed E-state index contributed by atoms with van der Waals surface area (Å²) in [4.78, 5) is 28.4. The van der Waals surface area contributed by atoms with Crippen molar-refractivity contribution in [2.45, 2.75) is 51.6 Å². The lowest BCUT2D eigenvalue weighted by molar-refractivity contribution is -0.134. The van der Waals surface area contributed by atoms with Crippen molar-refractivity contribution in [3.05, 3.63) is 22.4 Å². The molecule has 0 saturated carbocycles. The lowest BCUT2D eigenvalue weighted by atomic mass is 9.74. The van der Waals surface area contributed by atoms with E-state index in [1.165, 1.54) is 4.90 Å². The largest absolute Gasteiger partial charge is 0.325 e. The molecule has 3 rings (SSSR count). The van der Waals surface area contributed by atoms with Crippen LogP contribution in [0.25, 0.3) is 0 Å². The molecule has 24 heavy (non-hydrogen) atoms. The van der Waals surface area contributed by atoms with E-state index in [0.29, 0.717) is 12.5 Å². The Labute approximate surface area is 147 Å². The minimum atomic E-state index is -0.708. The van der Waals surface area contributed by atoms with Crippen molar-refractivity contribution in [3.63, 3.8) is 0 Å². The van der Waals surface area contributed by atoms with Gasteiger partial charge in [0.05, 0.1) is 6.54 Å². The molecular weight excluding hydrogens is 322 g/mol. The van der Waals surface area contributed by atoms with Crippen molar-refractivity contribution in [2.24, 2.45) is 11.8 Å². The number of nitrogens with zero attached hydrogens (tertiary/aromatic N) is 1. The smallest absolute Gasteiger partial charge is 0.323 e. The highest BCUT2D eigenvalue weighted by atomic mass is 32.1. The average molecular weight is 350 g/mol. The van der Waals surface area contributed by atoms with Gasteiger partial charge in [0.25, 0.3) is 5.91 Å². The fourth-order valence-corrected chi connectivity index (χ4v) is 4.52. The summed E-state index contributed by atoms with van der Waals surface area (Å²) in [5.41, 5.74) is -0.708. The van der Waals surface area contributed by atoms with Crippen molar-refractivity contribution in [2.75, 3.05) is 13.1 Å². The van der Waals surface area contributed by atoms with Gasteiger partial charge in [-0.25, -0.2) is 4.79 Å². The molecule has 5 nitrogen and oxygen atoms in total. The monoisotopic (exact) mass is 349 g/mol. The highest BCUT2D eigenvalue weighted by Gasteiger charge is 2.55.